The number of rotatable bonds is 4. The molecule has 3 aromatic carbocycles. The number of pyridine rings is 1. The van der Waals surface area contributed by atoms with Gasteiger partial charge in [0.15, 0.2) is 0 Å². The van der Waals surface area contributed by atoms with Gasteiger partial charge in [0.1, 0.15) is 9.71 Å². The number of hydrogen-bond acceptors (Lipinski definition) is 4. The highest BCUT2D eigenvalue weighted by molar-refractivity contribution is 7.21. The molecule has 0 saturated heterocycles. The van der Waals surface area contributed by atoms with Crippen molar-refractivity contribution in [1.29, 1.82) is 0 Å². The number of aryl methyl sites for hydroxylation is 2. The van der Waals surface area contributed by atoms with Crippen LogP contribution >= 0.6 is 34.5 Å². The number of benzene rings is 3. The number of amides is 1. The molecule has 0 unspecified atom stereocenters. The molecule has 3 N–H and O–H groups in total. The number of nitrogens with one attached hydrogen (secondary N) is 1. The second kappa shape index (κ2) is 9.34. The molecule has 0 saturated carbocycles. The zero-order valence-corrected chi connectivity index (χ0v) is 21.4. The van der Waals surface area contributed by atoms with Crippen LogP contribution in [-0.4, -0.2) is 10.9 Å². The molecule has 4 nitrogen and oxygen atoms in total. The standard InChI is InChI=1S/C28H21Cl2N3OS/c1-15-3-12-22(16(2)13-15)32-27(34)26-25(31)24-21(17-4-8-19(29)9-5-17)14-23(33-28(24)35-26)18-6-10-20(30)11-7-18/h3-14H,31H2,1-2H3,(H,32,34). The Morgan fingerprint density at radius 1 is 0.886 bits per heavy atom. The van der Waals surface area contributed by atoms with E-state index in [2.05, 4.69) is 5.32 Å². The molecule has 5 rings (SSSR count). The van der Waals surface area contributed by atoms with Crippen LogP contribution in [0, 0.1) is 13.8 Å². The minimum atomic E-state index is -0.257. The zero-order chi connectivity index (χ0) is 24.7. The Balaban J connectivity index is 1.66. The van der Waals surface area contributed by atoms with Crippen LogP contribution in [0.15, 0.2) is 72.8 Å². The van der Waals surface area contributed by atoms with E-state index in [0.717, 1.165) is 44.6 Å². The molecule has 0 bridgehead atoms. The van der Waals surface area contributed by atoms with Crippen molar-refractivity contribution >= 4 is 62.0 Å². The summed E-state index contributed by atoms with van der Waals surface area (Å²) in [6, 6.07) is 22.9. The summed E-state index contributed by atoms with van der Waals surface area (Å²) in [5.74, 6) is -0.257. The van der Waals surface area contributed by atoms with Crippen LogP contribution in [0.4, 0.5) is 11.4 Å². The Hall–Kier alpha value is -3.38. The summed E-state index contributed by atoms with van der Waals surface area (Å²) < 4.78 is 0. The summed E-state index contributed by atoms with van der Waals surface area (Å²) in [7, 11) is 0. The third kappa shape index (κ3) is 4.63. The van der Waals surface area contributed by atoms with Gasteiger partial charge >= 0.3 is 0 Å². The molecule has 1 amide bonds. The number of fused-ring (bicyclic) bond motifs is 1. The number of carbonyl (C=O) groups excluding carboxylic acids is 1. The van der Waals surface area contributed by atoms with Gasteiger partial charge in [0.05, 0.1) is 11.4 Å². The largest absolute Gasteiger partial charge is 0.397 e. The molecule has 0 aliphatic rings. The van der Waals surface area contributed by atoms with E-state index in [-0.39, 0.29) is 5.91 Å². The third-order valence-electron chi connectivity index (χ3n) is 5.83. The van der Waals surface area contributed by atoms with Crippen molar-refractivity contribution in [2.45, 2.75) is 13.8 Å². The smallest absolute Gasteiger partial charge is 0.267 e. The van der Waals surface area contributed by atoms with Gasteiger partial charge in [-0.15, -0.1) is 11.3 Å². The first-order valence-corrected chi connectivity index (χ1v) is 12.5. The molecule has 7 heteroatoms. The first kappa shape index (κ1) is 23.4. The van der Waals surface area contributed by atoms with Gasteiger partial charge in [-0.2, -0.15) is 0 Å². The molecule has 0 radical (unpaired) electrons. The molecule has 0 aliphatic heterocycles. The van der Waals surface area contributed by atoms with Crippen molar-refractivity contribution in [3.63, 3.8) is 0 Å². The first-order valence-electron chi connectivity index (χ1n) is 10.9. The lowest BCUT2D eigenvalue weighted by molar-refractivity contribution is 0.103. The number of carbonyl (C=O) groups is 1. The fourth-order valence-electron chi connectivity index (χ4n) is 4.05. The molecule has 0 fully saturated rings. The average molecular weight is 518 g/mol. The maximum atomic E-state index is 13.3. The number of nitrogen functional groups attached to an aromatic ring is 1. The van der Waals surface area contributed by atoms with E-state index in [1.807, 2.05) is 86.6 Å². The number of nitrogens with two attached hydrogens (primary N) is 1. The van der Waals surface area contributed by atoms with Crippen LogP contribution in [0.1, 0.15) is 20.8 Å². The van der Waals surface area contributed by atoms with Crippen molar-refractivity contribution in [2.24, 2.45) is 0 Å². The van der Waals surface area contributed by atoms with E-state index in [1.54, 1.807) is 0 Å². The Morgan fingerprint density at radius 2 is 1.51 bits per heavy atom. The maximum Gasteiger partial charge on any atom is 0.267 e. The molecule has 0 atom stereocenters. The van der Waals surface area contributed by atoms with Crippen LogP contribution in [-0.2, 0) is 0 Å². The number of anilines is 2. The predicted octanol–water partition coefficient (Wildman–Crippen LogP) is 8.39. The summed E-state index contributed by atoms with van der Waals surface area (Å²) in [5, 5.41) is 5.05. The predicted molar refractivity (Wildman–Crippen MR) is 149 cm³/mol. The number of aromatic nitrogens is 1. The Labute approximate surface area is 217 Å². The molecule has 35 heavy (non-hydrogen) atoms. The lowest BCUT2D eigenvalue weighted by atomic mass is 9.99. The minimum absolute atomic E-state index is 0.257. The van der Waals surface area contributed by atoms with Gasteiger partial charge in [-0.05, 0) is 66.9 Å². The summed E-state index contributed by atoms with van der Waals surface area (Å²) in [4.78, 5) is 19.3. The van der Waals surface area contributed by atoms with Crippen molar-refractivity contribution in [3.05, 3.63) is 98.8 Å². The van der Waals surface area contributed by atoms with E-state index < -0.39 is 0 Å². The summed E-state index contributed by atoms with van der Waals surface area (Å²) in [6.45, 7) is 3.99. The molecule has 174 valence electrons. The molecular weight excluding hydrogens is 497 g/mol. The minimum Gasteiger partial charge on any atom is -0.397 e. The highest BCUT2D eigenvalue weighted by atomic mass is 35.5. The summed E-state index contributed by atoms with van der Waals surface area (Å²) >= 11 is 13.5. The Kier molecular flexibility index (Phi) is 6.24. The second-order valence-electron chi connectivity index (χ2n) is 8.37. The van der Waals surface area contributed by atoms with Crippen LogP contribution in [0.5, 0.6) is 0 Å². The summed E-state index contributed by atoms with van der Waals surface area (Å²) in [5.41, 5.74) is 13.4. The third-order valence-corrected chi connectivity index (χ3v) is 7.43. The number of halogens is 2. The van der Waals surface area contributed by atoms with Gasteiger partial charge in [0.2, 0.25) is 0 Å². The second-order valence-corrected chi connectivity index (χ2v) is 10.2. The molecular formula is C28H21Cl2N3OS. The van der Waals surface area contributed by atoms with Crippen LogP contribution in [0.25, 0.3) is 32.6 Å². The van der Waals surface area contributed by atoms with Crippen molar-refractivity contribution < 1.29 is 4.79 Å². The lowest BCUT2D eigenvalue weighted by Crippen LogP contribution is -2.12. The number of nitrogens with zero attached hydrogens (tertiary/aromatic N) is 1. The van der Waals surface area contributed by atoms with Gasteiger partial charge in [-0.25, -0.2) is 4.98 Å². The van der Waals surface area contributed by atoms with E-state index in [1.165, 1.54) is 11.3 Å². The highest BCUT2D eigenvalue weighted by Gasteiger charge is 2.22. The SMILES string of the molecule is Cc1ccc(NC(=O)c2sc3nc(-c4ccc(Cl)cc4)cc(-c4ccc(Cl)cc4)c3c2N)c(C)c1. The quantitative estimate of drug-likeness (QED) is 0.251. The number of thiophene rings is 1. The lowest BCUT2D eigenvalue weighted by Gasteiger charge is -2.10. The molecule has 0 aliphatic carbocycles. The van der Waals surface area contributed by atoms with E-state index in [0.29, 0.717) is 25.4 Å². The van der Waals surface area contributed by atoms with Gasteiger partial charge in [0, 0.05) is 26.7 Å². The first-order chi connectivity index (χ1) is 16.8. The molecule has 2 heterocycles. The molecule has 2 aromatic heterocycles. The van der Waals surface area contributed by atoms with Crippen molar-refractivity contribution in [1.82, 2.24) is 4.98 Å². The highest BCUT2D eigenvalue weighted by Crippen LogP contribution is 2.42. The van der Waals surface area contributed by atoms with Crippen molar-refractivity contribution in [2.75, 3.05) is 11.1 Å². The Bertz CT molecular complexity index is 1580. The normalized spacial score (nSPS) is 11.1. The van der Waals surface area contributed by atoms with E-state index >= 15 is 0 Å². The van der Waals surface area contributed by atoms with Gasteiger partial charge < -0.3 is 11.1 Å². The van der Waals surface area contributed by atoms with Crippen molar-refractivity contribution in [3.8, 4) is 22.4 Å². The van der Waals surface area contributed by atoms with Crippen LogP contribution < -0.4 is 11.1 Å². The zero-order valence-electron chi connectivity index (χ0n) is 19.0. The van der Waals surface area contributed by atoms with E-state index in [9.17, 15) is 4.79 Å². The molecule has 0 spiro atoms. The fourth-order valence-corrected chi connectivity index (χ4v) is 5.32. The number of hydrogen-bond donors (Lipinski definition) is 2. The van der Waals surface area contributed by atoms with E-state index in [4.69, 9.17) is 33.9 Å². The van der Waals surface area contributed by atoms with Gasteiger partial charge in [-0.3, -0.25) is 4.79 Å². The monoisotopic (exact) mass is 517 g/mol. The van der Waals surface area contributed by atoms with Crippen LogP contribution in [0.2, 0.25) is 10.0 Å². The Morgan fingerprint density at radius 3 is 2.14 bits per heavy atom. The maximum absolute atomic E-state index is 13.3. The van der Waals surface area contributed by atoms with Gasteiger partial charge in [0.25, 0.3) is 5.91 Å². The van der Waals surface area contributed by atoms with Gasteiger partial charge in [-0.1, -0.05) is 65.2 Å². The van der Waals surface area contributed by atoms with Crippen LogP contribution in [0.3, 0.4) is 0 Å². The average Bonchev–Trinajstić information content (AvgIpc) is 3.18. The summed E-state index contributed by atoms with van der Waals surface area (Å²) in [6.07, 6.45) is 0. The topological polar surface area (TPSA) is 68.0 Å². The fraction of sp³-hybridized carbons (Fsp3) is 0.0714. The molecule has 5 aromatic rings.